The first-order chi connectivity index (χ1) is 10.9. The van der Waals surface area contributed by atoms with Gasteiger partial charge in [0.2, 0.25) is 10.0 Å². The largest absolute Gasteiger partial charge is 0.350 e. The van der Waals surface area contributed by atoms with Crippen LogP contribution >= 0.6 is 0 Å². The summed E-state index contributed by atoms with van der Waals surface area (Å²) in [6.45, 7) is 2.30. The summed E-state index contributed by atoms with van der Waals surface area (Å²) in [5, 5.41) is 2.70. The average Bonchev–Trinajstić information content (AvgIpc) is 2.52. The van der Waals surface area contributed by atoms with Crippen molar-refractivity contribution in [1.82, 2.24) is 10.3 Å². The first-order valence-electron chi connectivity index (χ1n) is 7.10. The van der Waals surface area contributed by atoms with Crippen molar-refractivity contribution in [2.45, 2.75) is 6.92 Å². The van der Waals surface area contributed by atoms with Crippen LogP contribution in [0.5, 0.6) is 0 Å². The van der Waals surface area contributed by atoms with Gasteiger partial charge in [0, 0.05) is 18.9 Å². The standard InChI is InChI=1S/C16H19N3O3S/c1-13-5-7-15(8-6-13)19(23(2,21)22)11-10-18-16(20)14-4-3-9-17-12-14/h3-9,12H,10-11H2,1-2H3,(H,18,20). The summed E-state index contributed by atoms with van der Waals surface area (Å²) >= 11 is 0. The molecule has 122 valence electrons. The number of nitrogens with one attached hydrogen (secondary N) is 1. The van der Waals surface area contributed by atoms with Crippen molar-refractivity contribution in [2.24, 2.45) is 0 Å². The Morgan fingerprint density at radius 2 is 1.91 bits per heavy atom. The molecule has 0 aliphatic heterocycles. The van der Waals surface area contributed by atoms with Crippen molar-refractivity contribution in [3.63, 3.8) is 0 Å². The van der Waals surface area contributed by atoms with E-state index in [-0.39, 0.29) is 19.0 Å². The second kappa shape index (κ2) is 7.23. The lowest BCUT2D eigenvalue weighted by atomic mass is 10.2. The molecule has 0 bridgehead atoms. The minimum Gasteiger partial charge on any atom is -0.350 e. The van der Waals surface area contributed by atoms with Gasteiger partial charge in [-0.05, 0) is 31.2 Å². The van der Waals surface area contributed by atoms with Crippen molar-refractivity contribution in [2.75, 3.05) is 23.7 Å². The van der Waals surface area contributed by atoms with Gasteiger partial charge in [-0.2, -0.15) is 0 Å². The summed E-state index contributed by atoms with van der Waals surface area (Å²) in [7, 11) is -3.42. The lowest BCUT2D eigenvalue weighted by Crippen LogP contribution is -2.38. The molecule has 0 saturated carbocycles. The summed E-state index contributed by atoms with van der Waals surface area (Å²) < 4.78 is 25.2. The first-order valence-corrected chi connectivity index (χ1v) is 8.95. The number of amides is 1. The summed E-state index contributed by atoms with van der Waals surface area (Å²) in [6, 6.07) is 10.5. The van der Waals surface area contributed by atoms with Gasteiger partial charge in [-0.3, -0.25) is 14.1 Å². The van der Waals surface area contributed by atoms with E-state index in [0.717, 1.165) is 11.8 Å². The van der Waals surface area contributed by atoms with Crippen LogP contribution in [-0.4, -0.2) is 38.7 Å². The van der Waals surface area contributed by atoms with E-state index in [0.29, 0.717) is 11.3 Å². The monoisotopic (exact) mass is 333 g/mol. The molecule has 6 nitrogen and oxygen atoms in total. The highest BCUT2D eigenvalue weighted by Gasteiger charge is 2.17. The summed E-state index contributed by atoms with van der Waals surface area (Å²) in [5.41, 5.74) is 2.06. The van der Waals surface area contributed by atoms with Gasteiger partial charge >= 0.3 is 0 Å². The van der Waals surface area contributed by atoms with Gasteiger partial charge in [0.15, 0.2) is 0 Å². The molecule has 0 aliphatic carbocycles. The van der Waals surface area contributed by atoms with Crippen LogP contribution in [-0.2, 0) is 10.0 Å². The van der Waals surface area contributed by atoms with Crippen LogP contribution in [0.3, 0.4) is 0 Å². The van der Waals surface area contributed by atoms with Crippen molar-refractivity contribution >= 4 is 21.6 Å². The molecule has 7 heteroatoms. The molecule has 23 heavy (non-hydrogen) atoms. The van der Waals surface area contributed by atoms with Crippen LogP contribution < -0.4 is 9.62 Å². The van der Waals surface area contributed by atoms with Gasteiger partial charge in [0.1, 0.15) is 0 Å². The molecule has 0 fully saturated rings. The normalized spacial score (nSPS) is 11.0. The Bertz CT molecular complexity index is 759. The fourth-order valence-electron chi connectivity index (χ4n) is 2.07. The Morgan fingerprint density at radius 1 is 1.22 bits per heavy atom. The topological polar surface area (TPSA) is 79.4 Å². The van der Waals surface area contributed by atoms with Crippen molar-refractivity contribution in [1.29, 1.82) is 0 Å². The maximum absolute atomic E-state index is 12.0. The van der Waals surface area contributed by atoms with Crippen LogP contribution in [0.25, 0.3) is 0 Å². The minimum atomic E-state index is -3.42. The highest BCUT2D eigenvalue weighted by Crippen LogP contribution is 2.17. The number of hydrogen-bond donors (Lipinski definition) is 1. The zero-order valence-electron chi connectivity index (χ0n) is 13.1. The van der Waals surface area contributed by atoms with E-state index >= 15 is 0 Å². The second-order valence-corrected chi connectivity index (χ2v) is 7.08. The number of pyridine rings is 1. The quantitative estimate of drug-likeness (QED) is 0.870. The Morgan fingerprint density at radius 3 is 2.48 bits per heavy atom. The third-order valence-electron chi connectivity index (χ3n) is 3.25. The summed E-state index contributed by atoms with van der Waals surface area (Å²) in [5.74, 6) is -0.282. The van der Waals surface area contributed by atoms with Gasteiger partial charge in [-0.15, -0.1) is 0 Å². The van der Waals surface area contributed by atoms with E-state index in [1.54, 1.807) is 30.5 Å². The Labute approximate surface area is 136 Å². The van der Waals surface area contributed by atoms with Gasteiger partial charge < -0.3 is 5.32 Å². The van der Waals surface area contributed by atoms with E-state index < -0.39 is 10.0 Å². The van der Waals surface area contributed by atoms with Crippen molar-refractivity contribution < 1.29 is 13.2 Å². The van der Waals surface area contributed by atoms with E-state index in [2.05, 4.69) is 10.3 Å². The molecular weight excluding hydrogens is 314 g/mol. The number of benzene rings is 1. The molecule has 1 aromatic heterocycles. The number of sulfonamides is 1. The zero-order chi connectivity index (χ0) is 16.9. The van der Waals surface area contributed by atoms with Gasteiger partial charge in [0.25, 0.3) is 5.91 Å². The van der Waals surface area contributed by atoms with E-state index in [1.807, 2.05) is 19.1 Å². The number of aromatic nitrogens is 1. The van der Waals surface area contributed by atoms with Gasteiger partial charge in [0.05, 0.1) is 24.1 Å². The minimum absolute atomic E-state index is 0.161. The molecular formula is C16H19N3O3S. The van der Waals surface area contributed by atoms with Crippen LogP contribution in [0.15, 0.2) is 48.8 Å². The molecule has 0 unspecified atom stereocenters. The third kappa shape index (κ3) is 4.79. The van der Waals surface area contributed by atoms with Crippen LogP contribution in [0.4, 0.5) is 5.69 Å². The Hall–Kier alpha value is -2.41. The number of carbonyl (C=O) groups is 1. The summed E-state index contributed by atoms with van der Waals surface area (Å²) in [4.78, 5) is 15.8. The predicted molar refractivity (Wildman–Crippen MR) is 89.9 cm³/mol. The molecule has 2 aromatic rings. The van der Waals surface area contributed by atoms with Gasteiger partial charge in [-0.25, -0.2) is 8.42 Å². The molecule has 0 radical (unpaired) electrons. The number of anilines is 1. The number of rotatable bonds is 6. The van der Waals surface area contributed by atoms with Crippen LogP contribution in [0.1, 0.15) is 15.9 Å². The van der Waals surface area contributed by atoms with Crippen molar-refractivity contribution in [3.8, 4) is 0 Å². The van der Waals surface area contributed by atoms with E-state index in [4.69, 9.17) is 0 Å². The molecule has 0 spiro atoms. The maximum atomic E-state index is 12.0. The summed E-state index contributed by atoms with van der Waals surface area (Å²) in [6.07, 6.45) is 4.19. The molecule has 1 heterocycles. The third-order valence-corrected chi connectivity index (χ3v) is 4.44. The highest BCUT2D eigenvalue weighted by atomic mass is 32.2. The molecule has 0 atom stereocenters. The molecule has 2 rings (SSSR count). The Kier molecular flexibility index (Phi) is 5.33. The average molecular weight is 333 g/mol. The Balaban J connectivity index is 2.02. The predicted octanol–water partition coefficient (Wildman–Crippen LogP) is 1.59. The highest BCUT2D eigenvalue weighted by molar-refractivity contribution is 7.92. The number of nitrogens with zero attached hydrogens (tertiary/aromatic N) is 2. The second-order valence-electron chi connectivity index (χ2n) is 5.17. The first kappa shape index (κ1) is 17.0. The SMILES string of the molecule is Cc1ccc(N(CCNC(=O)c2cccnc2)S(C)(=O)=O)cc1. The molecule has 1 aromatic carbocycles. The number of hydrogen-bond acceptors (Lipinski definition) is 4. The fourth-order valence-corrected chi connectivity index (χ4v) is 3.00. The van der Waals surface area contributed by atoms with Crippen LogP contribution in [0.2, 0.25) is 0 Å². The molecule has 1 amide bonds. The van der Waals surface area contributed by atoms with Crippen molar-refractivity contribution in [3.05, 3.63) is 59.9 Å². The lowest BCUT2D eigenvalue weighted by Gasteiger charge is -2.22. The molecule has 1 N–H and O–H groups in total. The maximum Gasteiger partial charge on any atom is 0.252 e. The van der Waals surface area contributed by atoms with E-state index in [9.17, 15) is 13.2 Å². The lowest BCUT2D eigenvalue weighted by molar-refractivity contribution is 0.0954. The number of carbonyl (C=O) groups excluding carboxylic acids is 1. The van der Waals surface area contributed by atoms with Gasteiger partial charge in [-0.1, -0.05) is 17.7 Å². The molecule has 0 aliphatic rings. The number of aryl methyl sites for hydroxylation is 1. The zero-order valence-corrected chi connectivity index (χ0v) is 13.9. The van der Waals surface area contributed by atoms with Crippen LogP contribution in [0, 0.1) is 6.92 Å². The fraction of sp³-hybridized carbons (Fsp3) is 0.250. The van der Waals surface area contributed by atoms with E-state index in [1.165, 1.54) is 10.5 Å². The smallest absolute Gasteiger partial charge is 0.252 e. The molecule has 0 saturated heterocycles.